The van der Waals surface area contributed by atoms with Gasteiger partial charge in [0.2, 0.25) is 0 Å². The number of amides is 1. The first-order valence-electron chi connectivity index (χ1n) is 11.1. The van der Waals surface area contributed by atoms with Crippen LogP contribution < -0.4 is 10.1 Å². The molecule has 1 aliphatic rings. The van der Waals surface area contributed by atoms with Crippen LogP contribution in [-0.4, -0.2) is 52.5 Å². The fraction of sp³-hybridized carbons (Fsp3) is 0.400. The van der Waals surface area contributed by atoms with E-state index < -0.39 is 0 Å². The molecular formula is C25H31N5O2. The van der Waals surface area contributed by atoms with Gasteiger partial charge in [-0.25, -0.2) is 0 Å². The van der Waals surface area contributed by atoms with E-state index in [1.165, 1.54) is 18.4 Å². The van der Waals surface area contributed by atoms with E-state index in [2.05, 4.69) is 39.5 Å². The molecule has 2 aromatic carbocycles. The van der Waals surface area contributed by atoms with Gasteiger partial charge in [0.1, 0.15) is 5.75 Å². The number of carbonyl (C=O) groups excluding carboxylic acids is 1. The van der Waals surface area contributed by atoms with E-state index in [9.17, 15) is 4.79 Å². The molecule has 7 heteroatoms. The van der Waals surface area contributed by atoms with Crippen LogP contribution in [0, 0.1) is 20.8 Å². The van der Waals surface area contributed by atoms with E-state index in [1.807, 2.05) is 44.2 Å². The molecule has 168 valence electrons. The second kappa shape index (κ2) is 9.53. The molecular weight excluding hydrogens is 402 g/mol. The number of nitrogens with zero attached hydrogens (tertiary/aromatic N) is 4. The number of aromatic nitrogens is 3. The van der Waals surface area contributed by atoms with Gasteiger partial charge in [0.15, 0.2) is 5.69 Å². The summed E-state index contributed by atoms with van der Waals surface area (Å²) in [5, 5.41) is 12.1. The van der Waals surface area contributed by atoms with Crippen molar-refractivity contribution in [2.45, 2.75) is 39.7 Å². The molecule has 1 saturated heterocycles. The lowest BCUT2D eigenvalue weighted by atomic mass is 10.0. The molecule has 1 aromatic heterocycles. The quantitative estimate of drug-likeness (QED) is 0.614. The summed E-state index contributed by atoms with van der Waals surface area (Å²) in [5.41, 5.74) is 5.17. The topological polar surface area (TPSA) is 72.3 Å². The summed E-state index contributed by atoms with van der Waals surface area (Å²) in [6.07, 6.45) is 2.34. The monoisotopic (exact) mass is 433 g/mol. The number of hydrogen-bond donors (Lipinski definition) is 1. The van der Waals surface area contributed by atoms with Gasteiger partial charge in [0, 0.05) is 12.1 Å². The second-order valence-corrected chi connectivity index (χ2v) is 8.42. The molecule has 1 amide bonds. The van der Waals surface area contributed by atoms with Gasteiger partial charge in [-0.15, -0.1) is 5.10 Å². The van der Waals surface area contributed by atoms with Crippen LogP contribution in [0.25, 0.3) is 5.69 Å². The number of likely N-dealkylation sites (tertiary alicyclic amines) is 1. The number of carbonyl (C=O) groups is 1. The summed E-state index contributed by atoms with van der Waals surface area (Å²) in [7, 11) is 1.69. The van der Waals surface area contributed by atoms with Crippen molar-refractivity contribution in [2.75, 3.05) is 26.7 Å². The van der Waals surface area contributed by atoms with Gasteiger partial charge in [-0.1, -0.05) is 35.9 Å². The third-order valence-corrected chi connectivity index (χ3v) is 6.10. The van der Waals surface area contributed by atoms with E-state index >= 15 is 0 Å². The minimum Gasteiger partial charge on any atom is -0.496 e. The van der Waals surface area contributed by atoms with E-state index in [4.69, 9.17) is 4.74 Å². The molecule has 0 bridgehead atoms. The number of methoxy groups -OCH3 is 1. The van der Waals surface area contributed by atoms with Gasteiger partial charge < -0.3 is 10.1 Å². The highest BCUT2D eigenvalue weighted by Crippen LogP contribution is 2.31. The Kier molecular flexibility index (Phi) is 6.55. The smallest absolute Gasteiger partial charge is 0.273 e. The van der Waals surface area contributed by atoms with Crippen molar-refractivity contribution in [1.29, 1.82) is 0 Å². The Morgan fingerprint density at radius 1 is 1.09 bits per heavy atom. The molecule has 4 rings (SSSR count). The molecule has 0 saturated carbocycles. The zero-order valence-electron chi connectivity index (χ0n) is 19.3. The van der Waals surface area contributed by atoms with Crippen molar-refractivity contribution in [3.63, 3.8) is 0 Å². The summed E-state index contributed by atoms with van der Waals surface area (Å²) in [5.74, 6) is 0.633. The minimum absolute atomic E-state index is 0.0484. The molecule has 32 heavy (non-hydrogen) atoms. The fourth-order valence-electron chi connectivity index (χ4n) is 4.43. The maximum absolute atomic E-state index is 13.1. The summed E-state index contributed by atoms with van der Waals surface area (Å²) in [6, 6.07) is 14.2. The van der Waals surface area contributed by atoms with Gasteiger partial charge in [-0.3, -0.25) is 9.69 Å². The molecule has 7 nitrogen and oxygen atoms in total. The zero-order valence-corrected chi connectivity index (χ0v) is 19.3. The standard InChI is InChI=1S/C25H31N5O2/c1-17-11-12-21(18(2)15-17)30-27-19(3)24(28-30)25(31)26-16-22(29-13-7-8-14-29)20-9-5-6-10-23(20)32-4/h5-6,9-12,15,22H,7-8,13-14,16H2,1-4H3,(H,26,31). The van der Waals surface area contributed by atoms with Crippen molar-refractivity contribution in [2.24, 2.45) is 0 Å². The van der Waals surface area contributed by atoms with E-state index in [-0.39, 0.29) is 11.9 Å². The van der Waals surface area contributed by atoms with Gasteiger partial charge in [-0.05, 0) is 64.4 Å². The minimum atomic E-state index is -0.211. The molecule has 0 aliphatic carbocycles. The SMILES string of the molecule is COc1ccccc1C(CNC(=O)c1nn(-c2ccc(C)cc2C)nc1C)N1CCCC1. The predicted octanol–water partition coefficient (Wildman–Crippen LogP) is 3.77. The van der Waals surface area contributed by atoms with Crippen molar-refractivity contribution in [3.05, 3.63) is 70.5 Å². The van der Waals surface area contributed by atoms with Crippen LogP contribution in [0.1, 0.15) is 51.8 Å². The molecule has 1 unspecified atom stereocenters. The first-order chi connectivity index (χ1) is 15.5. The molecule has 0 radical (unpaired) electrons. The van der Waals surface area contributed by atoms with Crippen molar-refractivity contribution >= 4 is 5.91 Å². The number of nitrogens with one attached hydrogen (secondary N) is 1. The van der Waals surface area contributed by atoms with Crippen LogP contribution in [0.2, 0.25) is 0 Å². The molecule has 1 fully saturated rings. The maximum Gasteiger partial charge on any atom is 0.273 e. The van der Waals surface area contributed by atoms with E-state index in [0.717, 1.165) is 35.7 Å². The summed E-state index contributed by atoms with van der Waals surface area (Å²) < 4.78 is 5.60. The van der Waals surface area contributed by atoms with Crippen LogP contribution in [0.3, 0.4) is 0 Å². The highest BCUT2D eigenvalue weighted by molar-refractivity contribution is 5.93. The Morgan fingerprint density at radius 3 is 2.56 bits per heavy atom. The third kappa shape index (κ3) is 4.53. The molecule has 0 spiro atoms. The first-order valence-corrected chi connectivity index (χ1v) is 11.1. The van der Waals surface area contributed by atoms with Gasteiger partial charge >= 0.3 is 0 Å². The number of hydrogen-bond acceptors (Lipinski definition) is 5. The average molecular weight is 434 g/mol. The number of rotatable bonds is 7. The van der Waals surface area contributed by atoms with Crippen LogP contribution in [-0.2, 0) is 0 Å². The highest BCUT2D eigenvalue weighted by atomic mass is 16.5. The van der Waals surface area contributed by atoms with E-state index in [0.29, 0.717) is 17.9 Å². The Morgan fingerprint density at radius 2 is 1.84 bits per heavy atom. The van der Waals surface area contributed by atoms with Crippen molar-refractivity contribution in [1.82, 2.24) is 25.2 Å². The predicted molar refractivity (Wildman–Crippen MR) is 124 cm³/mol. The fourth-order valence-corrected chi connectivity index (χ4v) is 4.43. The lowest BCUT2D eigenvalue weighted by Crippen LogP contribution is -2.37. The maximum atomic E-state index is 13.1. The number of aryl methyl sites for hydroxylation is 3. The van der Waals surface area contributed by atoms with E-state index in [1.54, 1.807) is 11.9 Å². The molecule has 1 N–H and O–H groups in total. The van der Waals surface area contributed by atoms with Gasteiger partial charge in [-0.2, -0.15) is 9.90 Å². The lowest BCUT2D eigenvalue weighted by Gasteiger charge is -2.29. The van der Waals surface area contributed by atoms with Gasteiger partial charge in [0.25, 0.3) is 5.91 Å². The molecule has 3 aromatic rings. The first kappa shape index (κ1) is 22.0. The van der Waals surface area contributed by atoms with Crippen LogP contribution in [0.5, 0.6) is 5.75 Å². The van der Waals surface area contributed by atoms with Crippen molar-refractivity contribution in [3.8, 4) is 11.4 Å². The largest absolute Gasteiger partial charge is 0.496 e. The highest BCUT2D eigenvalue weighted by Gasteiger charge is 2.27. The number of benzene rings is 2. The molecule has 1 atom stereocenters. The Balaban J connectivity index is 1.54. The summed E-state index contributed by atoms with van der Waals surface area (Å²) >= 11 is 0. The summed E-state index contributed by atoms with van der Waals surface area (Å²) in [4.78, 5) is 17.0. The van der Waals surface area contributed by atoms with Gasteiger partial charge in [0.05, 0.1) is 24.5 Å². The lowest BCUT2D eigenvalue weighted by molar-refractivity contribution is 0.0931. The van der Waals surface area contributed by atoms with Crippen molar-refractivity contribution < 1.29 is 9.53 Å². The van der Waals surface area contributed by atoms with Crippen LogP contribution in [0.4, 0.5) is 0 Å². The second-order valence-electron chi connectivity index (χ2n) is 8.42. The Bertz CT molecular complexity index is 1100. The number of para-hydroxylation sites is 1. The zero-order chi connectivity index (χ0) is 22.7. The summed E-state index contributed by atoms with van der Waals surface area (Å²) in [6.45, 7) is 8.40. The molecule has 1 aliphatic heterocycles. The Hall–Kier alpha value is -3.19. The van der Waals surface area contributed by atoms with Crippen LogP contribution in [0.15, 0.2) is 42.5 Å². The van der Waals surface area contributed by atoms with Crippen LogP contribution >= 0.6 is 0 Å². The average Bonchev–Trinajstić information content (AvgIpc) is 3.44. The normalized spacial score (nSPS) is 15.0. The number of ether oxygens (including phenoxy) is 1. The molecule has 2 heterocycles. The third-order valence-electron chi connectivity index (χ3n) is 6.10. The Labute approximate surface area is 189 Å².